The van der Waals surface area contributed by atoms with Crippen LogP contribution in [0.25, 0.3) is 10.9 Å². The van der Waals surface area contributed by atoms with Crippen LogP contribution in [-0.2, 0) is 7.05 Å². The van der Waals surface area contributed by atoms with Crippen LogP contribution >= 0.6 is 39.1 Å². The molecule has 0 radical (unpaired) electrons. The maximum Gasteiger partial charge on any atom is 0.196 e. The molecule has 2 nitrogen and oxygen atoms in total. The first kappa shape index (κ1) is 14.6. The molecule has 0 bridgehead atoms. The van der Waals surface area contributed by atoms with E-state index in [1.807, 2.05) is 29.9 Å². The number of fused-ring (bicyclic) bond motifs is 1. The highest BCUT2D eigenvalue weighted by atomic mass is 79.9. The van der Waals surface area contributed by atoms with E-state index in [1.54, 1.807) is 24.3 Å². The van der Waals surface area contributed by atoms with Crippen LogP contribution in [0.3, 0.4) is 0 Å². The third-order valence-corrected chi connectivity index (χ3v) is 4.53. The van der Waals surface area contributed by atoms with Gasteiger partial charge in [0.15, 0.2) is 5.78 Å². The molecule has 0 unspecified atom stereocenters. The monoisotopic (exact) mass is 381 g/mol. The zero-order valence-electron chi connectivity index (χ0n) is 11.0. The maximum absolute atomic E-state index is 12.8. The van der Waals surface area contributed by atoms with Gasteiger partial charge in [0.1, 0.15) is 0 Å². The van der Waals surface area contributed by atoms with Gasteiger partial charge in [0.25, 0.3) is 0 Å². The van der Waals surface area contributed by atoms with Crippen LogP contribution in [0.1, 0.15) is 15.9 Å². The number of aromatic nitrogens is 1. The highest BCUT2D eigenvalue weighted by Gasteiger charge is 2.18. The molecule has 3 rings (SSSR count). The smallest absolute Gasteiger partial charge is 0.196 e. The molecule has 5 heteroatoms. The zero-order valence-corrected chi connectivity index (χ0v) is 14.1. The molecule has 1 aromatic heterocycles. The highest BCUT2D eigenvalue weighted by molar-refractivity contribution is 9.10. The molecule has 0 aliphatic heterocycles. The Labute approximate surface area is 140 Å². The van der Waals surface area contributed by atoms with E-state index < -0.39 is 0 Å². The molecule has 0 N–H and O–H groups in total. The largest absolute Gasteiger partial charge is 0.350 e. The minimum Gasteiger partial charge on any atom is -0.350 e. The van der Waals surface area contributed by atoms with E-state index in [4.69, 9.17) is 23.2 Å². The van der Waals surface area contributed by atoms with Crippen molar-refractivity contribution in [1.29, 1.82) is 0 Å². The number of carbonyl (C=O) groups excluding carboxylic acids is 1. The first-order chi connectivity index (χ1) is 9.97. The second kappa shape index (κ2) is 5.48. The van der Waals surface area contributed by atoms with E-state index in [-0.39, 0.29) is 5.78 Å². The summed E-state index contributed by atoms with van der Waals surface area (Å²) in [5.41, 5.74) is 2.10. The van der Waals surface area contributed by atoms with Crippen molar-refractivity contribution in [2.24, 2.45) is 7.05 Å². The summed E-state index contributed by atoms with van der Waals surface area (Å²) >= 11 is 15.4. The van der Waals surface area contributed by atoms with Crippen molar-refractivity contribution in [1.82, 2.24) is 4.57 Å². The van der Waals surface area contributed by atoms with Gasteiger partial charge in [-0.15, -0.1) is 0 Å². The van der Waals surface area contributed by atoms with Gasteiger partial charge in [-0.05, 0) is 30.3 Å². The molecule has 0 aliphatic rings. The summed E-state index contributed by atoms with van der Waals surface area (Å²) in [5.74, 6) is -0.0719. The fourth-order valence-corrected chi connectivity index (χ4v) is 3.12. The topological polar surface area (TPSA) is 22.0 Å². The number of aryl methyl sites for hydroxylation is 1. The summed E-state index contributed by atoms with van der Waals surface area (Å²) in [4.78, 5) is 12.8. The lowest BCUT2D eigenvalue weighted by Crippen LogP contribution is -2.01. The number of nitrogens with zero attached hydrogens (tertiary/aromatic N) is 1. The Kier molecular flexibility index (Phi) is 3.82. The van der Waals surface area contributed by atoms with E-state index in [2.05, 4.69) is 15.9 Å². The lowest BCUT2D eigenvalue weighted by Gasteiger charge is -2.03. The lowest BCUT2D eigenvalue weighted by atomic mass is 10.0. The number of hydrogen-bond acceptors (Lipinski definition) is 1. The molecule has 106 valence electrons. The zero-order chi connectivity index (χ0) is 15.1. The molecular formula is C16H10BrCl2NO. The van der Waals surface area contributed by atoms with Gasteiger partial charge in [-0.1, -0.05) is 45.2 Å². The third kappa shape index (κ3) is 2.61. The van der Waals surface area contributed by atoms with Crippen LogP contribution in [0.2, 0.25) is 10.0 Å². The Bertz CT molecular complexity index is 870. The van der Waals surface area contributed by atoms with E-state index in [1.165, 1.54) is 0 Å². The van der Waals surface area contributed by atoms with Gasteiger partial charge in [-0.2, -0.15) is 0 Å². The van der Waals surface area contributed by atoms with Crippen molar-refractivity contribution >= 4 is 55.8 Å². The number of benzene rings is 2. The SMILES string of the molecule is Cn1cc(C(=O)c2cc(Cl)ccc2Br)c2ccc(Cl)cc21. The minimum atomic E-state index is -0.0719. The molecule has 0 atom stereocenters. The van der Waals surface area contributed by atoms with Gasteiger partial charge < -0.3 is 4.57 Å². The number of rotatable bonds is 2. The van der Waals surface area contributed by atoms with Crippen LogP contribution in [0.5, 0.6) is 0 Å². The molecule has 3 aromatic rings. The van der Waals surface area contributed by atoms with Crippen molar-refractivity contribution in [3.05, 3.63) is 68.2 Å². The number of carbonyl (C=O) groups is 1. The number of halogens is 3. The molecular weight excluding hydrogens is 373 g/mol. The summed E-state index contributed by atoms with van der Waals surface area (Å²) < 4.78 is 2.62. The first-order valence-electron chi connectivity index (χ1n) is 6.21. The highest BCUT2D eigenvalue weighted by Crippen LogP contribution is 2.29. The van der Waals surface area contributed by atoms with Crippen molar-refractivity contribution in [3.8, 4) is 0 Å². The van der Waals surface area contributed by atoms with Gasteiger partial charge in [0.2, 0.25) is 0 Å². The Morgan fingerprint density at radius 2 is 1.71 bits per heavy atom. The molecule has 21 heavy (non-hydrogen) atoms. The molecule has 0 aliphatic carbocycles. The van der Waals surface area contributed by atoms with Crippen LogP contribution < -0.4 is 0 Å². The average molecular weight is 383 g/mol. The lowest BCUT2D eigenvalue weighted by molar-refractivity contribution is 0.103. The summed E-state index contributed by atoms with van der Waals surface area (Å²) in [6, 6.07) is 10.7. The average Bonchev–Trinajstić information content (AvgIpc) is 2.78. The molecule has 0 fully saturated rings. The van der Waals surface area contributed by atoms with E-state index >= 15 is 0 Å². The van der Waals surface area contributed by atoms with Crippen LogP contribution in [0.15, 0.2) is 47.1 Å². The molecule has 0 saturated heterocycles. The fourth-order valence-electron chi connectivity index (χ4n) is 2.35. The van der Waals surface area contributed by atoms with E-state index in [9.17, 15) is 4.79 Å². The second-order valence-corrected chi connectivity index (χ2v) is 6.50. The summed E-state index contributed by atoms with van der Waals surface area (Å²) in [7, 11) is 1.89. The van der Waals surface area contributed by atoms with Crippen LogP contribution in [0.4, 0.5) is 0 Å². The van der Waals surface area contributed by atoms with Crippen LogP contribution in [-0.4, -0.2) is 10.4 Å². The van der Waals surface area contributed by atoms with Gasteiger partial charge in [0.05, 0.1) is 0 Å². The number of ketones is 1. The fraction of sp³-hybridized carbons (Fsp3) is 0.0625. The van der Waals surface area contributed by atoms with E-state index in [0.717, 1.165) is 15.4 Å². The van der Waals surface area contributed by atoms with Gasteiger partial charge in [-0.25, -0.2) is 0 Å². The molecule has 0 amide bonds. The molecule has 0 spiro atoms. The Morgan fingerprint density at radius 1 is 1.05 bits per heavy atom. The summed E-state index contributed by atoms with van der Waals surface area (Å²) in [5, 5.41) is 2.05. The summed E-state index contributed by atoms with van der Waals surface area (Å²) in [6.07, 6.45) is 1.82. The predicted molar refractivity (Wildman–Crippen MR) is 90.5 cm³/mol. The Balaban J connectivity index is 2.21. The Hall–Kier alpha value is -1.29. The third-order valence-electron chi connectivity index (χ3n) is 3.37. The second-order valence-electron chi connectivity index (χ2n) is 4.77. The van der Waals surface area contributed by atoms with Gasteiger partial charge in [0, 0.05) is 49.8 Å². The molecule has 1 heterocycles. The standard InChI is InChI=1S/C16H10BrCl2NO/c1-20-8-13(11-4-2-10(19)7-15(11)20)16(21)12-6-9(18)3-5-14(12)17/h2-8H,1H3. The molecule has 2 aromatic carbocycles. The van der Waals surface area contributed by atoms with Crippen LogP contribution in [0, 0.1) is 0 Å². The van der Waals surface area contributed by atoms with Gasteiger partial charge >= 0.3 is 0 Å². The van der Waals surface area contributed by atoms with Gasteiger partial charge in [-0.3, -0.25) is 4.79 Å². The molecule has 0 saturated carbocycles. The van der Waals surface area contributed by atoms with Crippen molar-refractivity contribution < 1.29 is 4.79 Å². The van der Waals surface area contributed by atoms with Crippen molar-refractivity contribution in [2.45, 2.75) is 0 Å². The predicted octanol–water partition coefficient (Wildman–Crippen LogP) is 5.48. The first-order valence-corrected chi connectivity index (χ1v) is 7.76. The minimum absolute atomic E-state index is 0.0719. The number of hydrogen-bond donors (Lipinski definition) is 0. The normalized spacial score (nSPS) is 11.0. The van der Waals surface area contributed by atoms with Crippen molar-refractivity contribution in [3.63, 3.8) is 0 Å². The van der Waals surface area contributed by atoms with E-state index in [0.29, 0.717) is 21.2 Å². The Morgan fingerprint density at radius 3 is 2.48 bits per heavy atom. The quantitative estimate of drug-likeness (QED) is 0.538. The van der Waals surface area contributed by atoms with Crippen molar-refractivity contribution in [2.75, 3.05) is 0 Å². The summed E-state index contributed by atoms with van der Waals surface area (Å²) in [6.45, 7) is 0. The maximum atomic E-state index is 12.8.